The van der Waals surface area contributed by atoms with Crippen LogP contribution >= 0.6 is 0 Å². The molecule has 1 heterocycles. The van der Waals surface area contributed by atoms with Crippen LogP contribution in [0.25, 0.3) is 0 Å². The van der Waals surface area contributed by atoms with Crippen molar-refractivity contribution in [1.29, 1.82) is 0 Å². The Balaban J connectivity index is 1.81. The van der Waals surface area contributed by atoms with Crippen LogP contribution in [0, 0.1) is 0 Å². The van der Waals surface area contributed by atoms with Crippen LogP contribution in [0.15, 0.2) is 30.3 Å². The van der Waals surface area contributed by atoms with E-state index in [0.29, 0.717) is 6.04 Å². The largest absolute Gasteiger partial charge is 0.329 e. The first kappa shape index (κ1) is 12.6. The minimum Gasteiger partial charge on any atom is -0.329 e. The summed E-state index contributed by atoms with van der Waals surface area (Å²) in [6, 6.07) is 11.3. The van der Waals surface area contributed by atoms with Crippen molar-refractivity contribution in [2.45, 2.75) is 25.4 Å². The molecule has 1 aliphatic rings. The van der Waals surface area contributed by atoms with E-state index < -0.39 is 0 Å². The predicted octanol–water partition coefficient (Wildman–Crippen LogP) is 1.20. The van der Waals surface area contributed by atoms with Gasteiger partial charge >= 0.3 is 0 Å². The van der Waals surface area contributed by atoms with Crippen LogP contribution in [-0.2, 0) is 6.54 Å². The Morgan fingerprint density at radius 1 is 1.29 bits per heavy atom. The normalized spacial score (nSPS) is 21.6. The number of nitrogens with two attached hydrogens (primary N) is 1. The number of likely N-dealkylation sites (tertiary alicyclic amines) is 1. The summed E-state index contributed by atoms with van der Waals surface area (Å²) in [6.07, 6.45) is 2.57. The van der Waals surface area contributed by atoms with Gasteiger partial charge in [0.15, 0.2) is 0 Å². The van der Waals surface area contributed by atoms with E-state index in [1.165, 1.54) is 24.9 Å². The van der Waals surface area contributed by atoms with Gasteiger partial charge in [-0.05, 0) is 24.9 Å². The summed E-state index contributed by atoms with van der Waals surface area (Å²) in [6.45, 7) is 5.10. The van der Waals surface area contributed by atoms with Gasteiger partial charge in [0.05, 0.1) is 0 Å². The second-order valence-electron chi connectivity index (χ2n) is 4.80. The molecule has 0 bridgehead atoms. The van der Waals surface area contributed by atoms with Gasteiger partial charge in [-0.2, -0.15) is 0 Å². The van der Waals surface area contributed by atoms with E-state index in [9.17, 15) is 0 Å². The lowest BCUT2D eigenvalue weighted by Crippen LogP contribution is -2.46. The number of nitrogens with zero attached hydrogens (tertiary/aromatic N) is 1. The number of hydrogen-bond acceptors (Lipinski definition) is 3. The molecule has 94 valence electrons. The molecule has 0 aliphatic carbocycles. The average Bonchev–Trinajstić information content (AvgIpc) is 2.38. The fourth-order valence-electron chi connectivity index (χ4n) is 2.49. The Labute approximate surface area is 104 Å². The predicted molar refractivity (Wildman–Crippen MR) is 71.8 cm³/mol. The molecular weight excluding hydrogens is 210 g/mol. The molecule has 0 aromatic heterocycles. The zero-order valence-electron chi connectivity index (χ0n) is 10.4. The summed E-state index contributed by atoms with van der Waals surface area (Å²) in [5.74, 6) is 0. The molecule has 0 radical (unpaired) electrons. The zero-order chi connectivity index (χ0) is 11.9. The van der Waals surface area contributed by atoms with Crippen LogP contribution in [0.4, 0.5) is 0 Å². The molecule has 0 saturated carbocycles. The maximum Gasteiger partial charge on any atom is 0.0234 e. The number of hydrogen-bond donors (Lipinski definition) is 2. The zero-order valence-corrected chi connectivity index (χ0v) is 10.4. The highest BCUT2D eigenvalue weighted by atomic mass is 15.2. The molecule has 1 aromatic rings. The number of nitrogens with one attached hydrogen (secondary N) is 1. The Hall–Kier alpha value is -0.900. The van der Waals surface area contributed by atoms with Crippen LogP contribution in [-0.4, -0.2) is 37.1 Å². The molecule has 3 nitrogen and oxygen atoms in total. The fourth-order valence-corrected chi connectivity index (χ4v) is 2.49. The van der Waals surface area contributed by atoms with E-state index in [1.807, 2.05) is 0 Å². The van der Waals surface area contributed by atoms with Gasteiger partial charge in [-0.3, -0.25) is 4.90 Å². The number of benzene rings is 1. The summed E-state index contributed by atoms with van der Waals surface area (Å²) in [5, 5.41) is 3.52. The summed E-state index contributed by atoms with van der Waals surface area (Å²) >= 11 is 0. The highest BCUT2D eigenvalue weighted by Gasteiger charge is 2.18. The van der Waals surface area contributed by atoms with Crippen molar-refractivity contribution in [2.24, 2.45) is 5.73 Å². The summed E-state index contributed by atoms with van der Waals surface area (Å²) in [4.78, 5) is 2.53. The Morgan fingerprint density at radius 2 is 2.12 bits per heavy atom. The molecular formula is C14H23N3. The Kier molecular flexibility index (Phi) is 4.98. The van der Waals surface area contributed by atoms with E-state index in [4.69, 9.17) is 5.73 Å². The maximum atomic E-state index is 5.53. The van der Waals surface area contributed by atoms with Crippen LogP contribution in [0.1, 0.15) is 18.4 Å². The molecule has 3 heteroatoms. The van der Waals surface area contributed by atoms with Gasteiger partial charge in [0.25, 0.3) is 0 Å². The van der Waals surface area contributed by atoms with Crippen LogP contribution in [0.5, 0.6) is 0 Å². The van der Waals surface area contributed by atoms with Crippen molar-refractivity contribution >= 4 is 0 Å². The smallest absolute Gasteiger partial charge is 0.0234 e. The Morgan fingerprint density at radius 3 is 2.88 bits per heavy atom. The first-order valence-corrected chi connectivity index (χ1v) is 6.58. The highest BCUT2D eigenvalue weighted by Crippen LogP contribution is 2.13. The molecule has 1 aliphatic heterocycles. The molecule has 1 atom stereocenters. The van der Waals surface area contributed by atoms with Crippen molar-refractivity contribution in [3.8, 4) is 0 Å². The molecule has 1 aromatic carbocycles. The van der Waals surface area contributed by atoms with Crippen molar-refractivity contribution in [3.05, 3.63) is 35.9 Å². The quantitative estimate of drug-likeness (QED) is 0.803. The van der Waals surface area contributed by atoms with E-state index in [0.717, 1.165) is 26.2 Å². The topological polar surface area (TPSA) is 41.3 Å². The van der Waals surface area contributed by atoms with Crippen molar-refractivity contribution in [3.63, 3.8) is 0 Å². The van der Waals surface area contributed by atoms with Gasteiger partial charge in [-0.25, -0.2) is 0 Å². The Bertz CT molecular complexity index is 313. The van der Waals surface area contributed by atoms with Gasteiger partial charge in [0.1, 0.15) is 0 Å². The maximum absolute atomic E-state index is 5.53. The van der Waals surface area contributed by atoms with Gasteiger partial charge in [0, 0.05) is 32.2 Å². The lowest BCUT2D eigenvalue weighted by Gasteiger charge is -2.33. The molecule has 17 heavy (non-hydrogen) atoms. The first-order chi connectivity index (χ1) is 8.38. The molecule has 1 unspecified atom stereocenters. The third-order valence-corrected chi connectivity index (χ3v) is 3.33. The van der Waals surface area contributed by atoms with Crippen molar-refractivity contribution in [2.75, 3.05) is 26.2 Å². The molecule has 0 amide bonds. The molecule has 1 fully saturated rings. The van der Waals surface area contributed by atoms with Crippen molar-refractivity contribution < 1.29 is 0 Å². The fraction of sp³-hybridized carbons (Fsp3) is 0.571. The minimum atomic E-state index is 0.621. The van der Waals surface area contributed by atoms with E-state index in [2.05, 4.69) is 40.5 Å². The molecule has 2 rings (SSSR count). The number of rotatable bonds is 5. The average molecular weight is 233 g/mol. The van der Waals surface area contributed by atoms with Crippen LogP contribution in [0.2, 0.25) is 0 Å². The monoisotopic (exact) mass is 233 g/mol. The third kappa shape index (κ3) is 4.11. The first-order valence-electron chi connectivity index (χ1n) is 6.58. The lowest BCUT2D eigenvalue weighted by molar-refractivity contribution is 0.184. The van der Waals surface area contributed by atoms with E-state index in [-0.39, 0.29) is 0 Å². The highest BCUT2D eigenvalue weighted by molar-refractivity contribution is 5.14. The second kappa shape index (κ2) is 6.74. The van der Waals surface area contributed by atoms with Crippen molar-refractivity contribution in [1.82, 2.24) is 10.2 Å². The SMILES string of the molecule is NCCNC1CCCN(Cc2ccccc2)C1. The van der Waals surface area contributed by atoms with E-state index >= 15 is 0 Å². The summed E-state index contributed by atoms with van der Waals surface area (Å²) < 4.78 is 0. The second-order valence-corrected chi connectivity index (χ2v) is 4.80. The molecule has 0 spiro atoms. The van der Waals surface area contributed by atoms with Gasteiger partial charge in [-0.1, -0.05) is 30.3 Å². The number of piperidine rings is 1. The van der Waals surface area contributed by atoms with Gasteiger partial charge < -0.3 is 11.1 Å². The van der Waals surface area contributed by atoms with Crippen LogP contribution < -0.4 is 11.1 Å². The molecule has 3 N–H and O–H groups in total. The van der Waals surface area contributed by atoms with Gasteiger partial charge in [0.2, 0.25) is 0 Å². The molecule has 1 saturated heterocycles. The van der Waals surface area contributed by atoms with Gasteiger partial charge in [-0.15, -0.1) is 0 Å². The third-order valence-electron chi connectivity index (χ3n) is 3.33. The van der Waals surface area contributed by atoms with E-state index in [1.54, 1.807) is 0 Å². The lowest BCUT2D eigenvalue weighted by atomic mass is 10.0. The standard InChI is InChI=1S/C14H23N3/c15-8-9-16-14-7-4-10-17(12-14)11-13-5-2-1-3-6-13/h1-3,5-6,14,16H,4,7-12,15H2. The van der Waals surface area contributed by atoms with Crippen LogP contribution in [0.3, 0.4) is 0 Å². The minimum absolute atomic E-state index is 0.621. The summed E-state index contributed by atoms with van der Waals surface area (Å²) in [7, 11) is 0. The summed E-state index contributed by atoms with van der Waals surface area (Å²) in [5.41, 5.74) is 6.94.